The number of rotatable bonds is 7. The maximum atomic E-state index is 12.4. The molecule has 1 rings (SSSR count). The quantitative estimate of drug-likeness (QED) is 0.751. The molecule has 0 bridgehead atoms. The van der Waals surface area contributed by atoms with Crippen LogP contribution in [0.25, 0.3) is 0 Å². The first-order chi connectivity index (χ1) is 10.3. The van der Waals surface area contributed by atoms with E-state index >= 15 is 0 Å². The van der Waals surface area contributed by atoms with Gasteiger partial charge in [-0.25, -0.2) is 4.79 Å². The van der Waals surface area contributed by atoms with Crippen molar-refractivity contribution in [1.82, 2.24) is 10.6 Å². The van der Waals surface area contributed by atoms with Crippen LogP contribution in [0.15, 0.2) is 0 Å². The second-order valence-electron chi connectivity index (χ2n) is 6.64. The molecule has 0 aromatic heterocycles. The van der Waals surface area contributed by atoms with Crippen LogP contribution in [0.4, 0.5) is 4.79 Å². The number of alkyl carbamates (subject to hydrolysis) is 1. The molecule has 6 nitrogen and oxygen atoms in total. The van der Waals surface area contributed by atoms with Crippen LogP contribution in [0.1, 0.15) is 47.0 Å². The topological polar surface area (TPSA) is 84.5 Å². The number of methoxy groups -OCH3 is 1. The molecule has 22 heavy (non-hydrogen) atoms. The number of nitrogens with one attached hydrogen (secondary N) is 2. The number of carbonyl (C=O) groups is 3. The standard InChI is InChI=1S/C16H28N2O4/c1-9(2)14(18-16(21)22-5)13(19)8-11-6-7-12(11)15(20)17-10(3)4/h9-12,14H,6-8H2,1-5H3,(H,17,20)(H,18,21)/t11-,12?,14+/m1/s1. The maximum Gasteiger partial charge on any atom is 0.407 e. The Morgan fingerprint density at radius 3 is 2.14 bits per heavy atom. The number of ketones is 1. The number of amides is 2. The van der Waals surface area contributed by atoms with E-state index in [9.17, 15) is 14.4 Å². The van der Waals surface area contributed by atoms with Gasteiger partial charge in [-0.15, -0.1) is 0 Å². The molecule has 6 heteroatoms. The van der Waals surface area contributed by atoms with E-state index in [0.29, 0.717) is 6.42 Å². The lowest BCUT2D eigenvalue weighted by Gasteiger charge is -2.36. The molecule has 0 heterocycles. The van der Waals surface area contributed by atoms with Crippen LogP contribution in [0.2, 0.25) is 0 Å². The molecule has 0 aliphatic heterocycles. The highest BCUT2D eigenvalue weighted by atomic mass is 16.5. The van der Waals surface area contributed by atoms with Gasteiger partial charge in [0.1, 0.15) is 0 Å². The number of carbonyl (C=O) groups excluding carboxylic acids is 3. The second kappa shape index (κ2) is 8.15. The Morgan fingerprint density at radius 1 is 1.09 bits per heavy atom. The van der Waals surface area contributed by atoms with Gasteiger partial charge in [0.15, 0.2) is 5.78 Å². The van der Waals surface area contributed by atoms with Gasteiger partial charge in [-0.05, 0) is 38.5 Å². The Bertz CT molecular complexity index is 420. The van der Waals surface area contributed by atoms with Gasteiger partial charge in [0, 0.05) is 18.4 Å². The highest BCUT2D eigenvalue weighted by molar-refractivity contribution is 5.89. The summed E-state index contributed by atoms with van der Waals surface area (Å²) in [7, 11) is 1.27. The van der Waals surface area contributed by atoms with E-state index in [2.05, 4.69) is 15.4 Å². The average Bonchev–Trinajstić information content (AvgIpc) is 2.38. The summed E-state index contributed by atoms with van der Waals surface area (Å²) in [5.74, 6) is -0.0348. The molecule has 0 spiro atoms. The van der Waals surface area contributed by atoms with Crippen molar-refractivity contribution < 1.29 is 19.1 Å². The van der Waals surface area contributed by atoms with Gasteiger partial charge in [-0.2, -0.15) is 0 Å². The van der Waals surface area contributed by atoms with E-state index in [1.54, 1.807) is 0 Å². The zero-order chi connectivity index (χ0) is 16.9. The summed E-state index contributed by atoms with van der Waals surface area (Å²) < 4.78 is 4.56. The van der Waals surface area contributed by atoms with Crippen LogP contribution in [-0.2, 0) is 14.3 Å². The Kier molecular flexibility index (Phi) is 6.84. The van der Waals surface area contributed by atoms with Crippen LogP contribution in [-0.4, -0.2) is 37.0 Å². The van der Waals surface area contributed by atoms with Crippen molar-refractivity contribution in [3.8, 4) is 0 Å². The Hall–Kier alpha value is -1.59. The molecule has 0 saturated heterocycles. The van der Waals surface area contributed by atoms with Crippen molar-refractivity contribution in [2.75, 3.05) is 7.11 Å². The van der Waals surface area contributed by atoms with E-state index < -0.39 is 12.1 Å². The third-order valence-corrected chi connectivity index (χ3v) is 4.12. The summed E-state index contributed by atoms with van der Waals surface area (Å²) >= 11 is 0. The molecule has 0 radical (unpaired) electrons. The molecule has 3 atom stereocenters. The SMILES string of the molecule is COC(=O)N[C@H](C(=O)C[C@H]1CCC1C(=O)NC(C)C)C(C)C. The molecular weight excluding hydrogens is 284 g/mol. The van der Waals surface area contributed by atoms with Crippen molar-refractivity contribution in [3.05, 3.63) is 0 Å². The first kappa shape index (κ1) is 18.5. The predicted octanol–water partition coefficient (Wildman–Crippen LogP) is 1.88. The van der Waals surface area contributed by atoms with Gasteiger partial charge in [-0.1, -0.05) is 13.8 Å². The zero-order valence-corrected chi connectivity index (χ0v) is 14.1. The third kappa shape index (κ3) is 5.00. The van der Waals surface area contributed by atoms with Crippen molar-refractivity contribution in [3.63, 3.8) is 0 Å². The monoisotopic (exact) mass is 312 g/mol. The smallest absolute Gasteiger partial charge is 0.407 e. The molecule has 1 saturated carbocycles. The second-order valence-corrected chi connectivity index (χ2v) is 6.64. The molecular formula is C16H28N2O4. The summed E-state index contributed by atoms with van der Waals surface area (Å²) in [4.78, 5) is 35.8. The lowest BCUT2D eigenvalue weighted by Crippen LogP contribution is -2.48. The molecule has 2 amide bonds. The number of ether oxygens (including phenoxy) is 1. The fraction of sp³-hybridized carbons (Fsp3) is 0.812. The Labute approximate surface area is 132 Å². The largest absolute Gasteiger partial charge is 0.453 e. The lowest BCUT2D eigenvalue weighted by molar-refractivity contribution is -0.133. The van der Waals surface area contributed by atoms with Crippen LogP contribution in [0.3, 0.4) is 0 Å². The summed E-state index contributed by atoms with van der Waals surface area (Å²) in [6.45, 7) is 7.60. The number of hydrogen-bond donors (Lipinski definition) is 2. The summed E-state index contributed by atoms with van der Waals surface area (Å²) in [5, 5.41) is 5.49. The summed E-state index contributed by atoms with van der Waals surface area (Å²) in [6, 6.07) is -0.462. The van der Waals surface area contributed by atoms with E-state index in [4.69, 9.17) is 0 Å². The van der Waals surface area contributed by atoms with E-state index in [0.717, 1.165) is 12.8 Å². The van der Waals surface area contributed by atoms with E-state index in [1.807, 2.05) is 27.7 Å². The minimum absolute atomic E-state index is 0.0189. The van der Waals surface area contributed by atoms with Gasteiger partial charge in [0.25, 0.3) is 0 Å². The van der Waals surface area contributed by atoms with Crippen LogP contribution in [0.5, 0.6) is 0 Å². The van der Waals surface area contributed by atoms with Gasteiger partial charge in [0.2, 0.25) is 5.91 Å². The van der Waals surface area contributed by atoms with Gasteiger partial charge < -0.3 is 15.4 Å². The fourth-order valence-corrected chi connectivity index (χ4v) is 2.74. The summed E-state index contributed by atoms with van der Waals surface area (Å²) in [6.07, 6.45) is 1.43. The molecule has 0 aromatic carbocycles. The molecule has 1 unspecified atom stereocenters. The first-order valence-corrected chi connectivity index (χ1v) is 7.93. The summed E-state index contributed by atoms with van der Waals surface area (Å²) in [5.41, 5.74) is 0. The molecule has 0 aromatic rings. The predicted molar refractivity (Wildman–Crippen MR) is 83.3 cm³/mol. The minimum atomic E-state index is -0.602. The lowest BCUT2D eigenvalue weighted by atomic mass is 9.70. The first-order valence-electron chi connectivity index (χ1n) is 7.93. The van der Waals surface area contributed by atoms with Gasteiger partial charge in [-0.3, -0.25) is 9.59 Å². The minimum Gasteiger partial charge on any atom is -0.453 e. The normalized spacial score (nSPS) is 22.0. The molecule has 1 fully saturated rings. The van der Waals surface area contributed by atoms with Crippen molar-refractivity contribution >= 4 is 17.8 Å². The van der Waals surface area contributed by atoms with Crippen molar-refractivity contribution in [2.24, 2.45) is 17.8 Å². The van der Waals surface area contributed by atoms with Gasteiger partial charge in [0.05, 0.1) is 13.2 Å². The maximum absolute atomic E-state index is 12.4. The average molecular weight is 312 g/mol. The Morgan fingerprint density at radius 2 is 1.73 bits per heavy atom. The zero-order valence-electron chi connectivity index (χ0n) is 14.1. The molecule has 126 valence electrons. The fourth-order valence-electron chi connectivity index (χ4n) is 2.74. The third-order valence-electron chi connectivity index (χ3n) is 4.12. The van der Waals surface area contributed by atoms with Crippen LogP contribution in [0, 0.1) is 17.8 Å². The Balaban J connectivity index is 2.58. The number of hydrogen-bond acceptors (Lipinski definition) is 4. The molecule has 1 aliphatic rings. The van der Waals surface area contributed by atoms with E-state index in [1.165, 1.54) is 7.11 Å². The molecule has 1 aliphatic carbocycles. The highest BCUT2D eigenvalue weighted by Crippen LogP contribution is 2.37. The van der Waals surface area contributed by atoms with Crippen molar-refractivity contribution in [1.29, 1.82) is 0 Å². The highest BCUT2D eigenvalue weighted by Gasteiger charge is 2.39. The van der Waals surface area contributed by atoms with Crippen LogP contribution < -0.4 is 10.6 Å². The van der Waals surface area contributed by atoms with E-state index in [-0.39, 0.29) is 35.5 Å². The van der Waals surface area contributed by atoms with Crippen molar-refractivity contribution in [2.45, 2.75) is 59.0 Å². The molecule has 2 N–H and O–H groups in total. The number of Topliss-reactive ketones (excluding diaryl/α,β-unsaturated/α-hetero) is 1. The van der Waals surface area contributed by atoms with Crippen LogP contribution >= 0.6 is 0 Å². The van der Waals surface area contributed by atoms with Gasteiger partial charge >= 0.3 is 6.09 Å².